The maximum atomic E-state index is 13.3. The van der Waals surface area contributed by atoms with Crippen molar-refractivity contribution in [2.24, 2.45) is 5.92 Å². The van der Waals surface area contributed by atoms with E-state index in [4.69, 9.17) is 4.74 Å². The van der Waals surface area contributed by atoms with Crippen molar-refractivity contribution < 1.29 is 31.9 Å². The summed E-state index contributed by atoms with van der Waals surface area (Å²) >= 11 is 0. The van der Waals surface area contributed by atoms with Gasteiger partial charge in [-0.15, -0.1) is 0 Å². The molecule has 3 aliphatic rings. The SMILES string of the molecule is O=C1COCC2(CN(C(=O)N3CCC(Cc4ccc(F)cc4C(F)(F)F)CC3)C2)N1. The topological polar surface area (TPSA) is 61.9 Å². The van der Waals surface area contributed by atoms with Crippen molar-refractivity contribution in [3.8, 4) is 0 Å². The molecule has 164 valence electrons. The van der Waals surface area contributed by atoms with Gasteiger partial charge in [0.05, 0.1) is 17.7 Å². The number of carbonyl (C=O) groups is 2. The van der Waals surface area contributed by atoms with Crippen LogP contribution in [0.3, 0.4) is 0 Å². The van der Waals surface area contributed by atoms with Crippen LogP contribution in [0.25, 0.3) is 0 Å². The number of ether oxygens (including phenoxy) is 1. The van der Waals surface area contributed by atoms with E-state index in [0.717, 1.165) is 6.07 Å². The Hall–Kier alpha value is -2.36. The number of nitrogens with one attached hydrogen (secondary N) is 1. The van der Waals surface area contributed by atoms with E-state index in [2.05, 4.69) is 5.32 Å². The van der Waals surface area contributed by atoms with Crippen LogP contribution in [0.15, 0.2) is 18.2 Å². The summed E-state index contributed by atoms with van der Waals surface area (Å²) < 4.78 is 58.1. The van der Waals surface area contributed by atoms with Crippen molar-refractivity contribution in [3.63, 3.8) is 0 Å². The summed E-state index contributed by atoms with van der Waals surface area (Å²) in [5.41, 5.74) is -1.34. The average molecular weight is 429 g/mol. The molecule has 3 aliphatic heterocycles. The van der Waals surface area contributed by atoms with Crippen molar-refractivity contribution in [1.82, 2.24) is 15.1 Å². The molecule has 0 aliphatic carbocycles. The second kappa shape index (κ2) is 7.72. The summed E-state index contributed by atoms with van der Waals surface area (Å²) in [7, 11) is 0. The molecule has 30 heavy (non-hydrogen) atoms. The predicted molar refractivity (Wildman–Crippen MR) is 98.1 cm³/mol. The zero-order valence-electron chi connectivity index (χ0n) is 16.3. The number of hydrogen-bond donors (Lipinski definition) is 1. The standard InChI is InChI=1S/C20H23F4N3O3/c21-15-2-1-14(16(8-15)20(22,23)24)7-13-3-5-26(6-4-13)18(29)27-10-19(11-27)12-30-9-17(28)25-19/h1-2,8,13H,3-7,9-12H2,(H,25,28). The molecule has 0 saturated carbocycles. The van der Waals surface area contributed by atoms with Crippen LogP contribution in [-0.2, 0) is 22.1 Å². The van der Waals surface area contributed by atoms with Gasteiger partial charge in [-0.3, -0.25) is 4.79 Å². The molecule has 1 spiro atoms. The van der Waals surface area contributed by atoms with Gasteiger partial charge in [0, 0.05) is 26.2 Å². The fraction of sp³-hybridized carbons (Fsp3) is 0.600. The Morgan fingerprint density at radius 2 is 1.90 bits per heavy atom. The molecule has 0 bridgehead atoms. The highest BCUT2D eigenvalue weighted by molar-refractivity contribution is 5.81. The van der Waals surface area contributed by atoms with Crippen LogP contribution < -0.4 is 5.32 Å². The molecule has 0 aromatic heterocycles. The van der Waals surface area contributed by atoms with Gasteiger partial charge >= 0.3 is 12.2 Å². The first-order chi connectivity index (χ1) is 14.2. The molecule has 4 rings (SSSR count). The van der Waals surface area contributed by atoms with Gasteiger partial charge in [0.25, 0.3) is 0 Å². The van der Waals surface area contributed by atoms with Gasteiger partial charge in [0.15, 0.2) is 0 Å². The minimum absolute atomic E-state index is 0.00521. The van der Waals surface area contributed by atoms with E-state index in [9.17, 15) is 27.2 Å². The summed E-state index contributed by atoms with van der Waals surface area (Å²) in [5, 5.41) is 2.88. The number of halogens is 4. The quantitative estimate of drug-likeness (QED) is 0.735. The Morgan fingerprint density at radius 3 is 2.53 bits per heavy atom. The van der Waals surface area contributed by atoms with Gasteiger partial charge in [0.1, 0.15) is 12.4 Å². The summed E-state index contributed by atoms with van der Waals surface area (Å²) in [5.74, 6) is -1.10. The highest BCUT2D eigenvalue weighted by Crippen LogP contribution is 2.35. The first kappa shape index (κ1) is 20.9. The smallest absolute Gasteiger partial charge is 0.369 e. The summed E-state index contributed by atoms with van der Waals surface area (Å²) in [6.07, 6.45) is -3.23. The first-order valence-corrected chi connectivity index (χ1v) is 9.93. The number of piperidine rings is 1. The molecule has 6 nitrogen and oxygen atoms in total. The van der Waals surface area contributed by atoms with Gasteiger partial charge in [-0.2, -0.15) is 13.2 Å². The fourth-order valence-electron chi connectivity index (χ4n) is 4.53. The molecule has 1 aromatic carbocycles. The van der Waals surface area contributed by atoms with Crippen LogP contribution >= 0.6 is 0 Å². The molecule has 3 heterocycles. The lowest BCUT2D eigenvalue weighted by Crippen LogP contribution is -2.76. The average Bonchev–Trinajstić information content (AvgIpc) is 2.66. The van der Waals surface area contributed by atoms with Gasteiger partial charge in [0.2, 0.25) is 5.91 Å². The minimum Gasteiger partial charge on any atom is -0.369 e. The van der Waals surface area contributed by atoms with Gasteiger partial charge < -0.3 is 19.9 Å². The number of nitrogens with zero attached hydrogens (tertiary/aromatic N) is 2. The van der Waals surface area contributed by atoms with Crippen molar-refractivity contribution in [2.75, 3.05) is 39.4 Å². The highest BCUT2D eigenvalue weighted by Gasteiger charge is 2.49. The molecule has 0 atom stereocenters. The monoisotopic (exact) mass is 429 g/mol. The van der Waals surface area contributed by atoms with E-state index >= 15 is 0 Å². The molecule has 0 unspecified atom stereocenters. The molecular formula is C20H23F4N3O3. The maximum Gasteiger partial charge on any atom is 0.416 e. The molecule has 0 radical (unpaired) electrons. The third-order valence-corrected chi connectivity index (χ3v) is 6.04. The highest BCUT2D eigenvalue weighted by atomic mass is 19.4. The molecule has 3 amide bonds. The van der Waals surface area contributed by atoms with Gasteiger partial charge in [-0.25, -0.2) is 9.18 Å². The first-order valence-electron chi connectivity index (χ1n) is 9.93. The van der Waals surface area contributed by atoms with Crippen LogP contribution in [0, 0.1) is 11.7 Å². The van der Waals surface area contributed by atoms with Crippen LogP contribution in [0.5, 0.6) is 0 Å². The predicted octanol–water partition coefficient (Wildman–Crippen LogP) is 2.42. The second-order valence-electron chi connectivity index (χ2n) is 8.39. The molecule has 3 saturated heterocycles. The summed E-state index contributed by atoms with van der Waals surface area (Å²) in [6.45, 7) is 2.11. The molecule has 1 N–H and O–H groups in total. The number of morpholine rings is 1. The normalized spacial score (nSPS) is 22.1. The van der Waals surface area contributed by atoms with Crippen molar-refractivity contribution in [3.05, 3.63) is 35.1 Å². The van der Waals surface area contributed by atoms with E-state index in [-0.39, 0.29) is 36.4 Å². The largest absolute Gasteiger partial charge is 0.416 e. The third-order valence-electron chi connectivity index (χ3n) is 6.04. The number of benzene rings is 1. The summed E-state index contributed by atoms with van der Waals surface area (Å²) in [4.78, 5) is 27.5. The zero-order chi connectivity index (χ0) is 21.5. The molecule has 10 heteroatoms. The van der Waals surface area contributed by atoms with Crippen molar-refractivity contribution >= 4 is 11.9 Å². The van der Waals surface area contributed by atoms with E-state index in [1.165, 1.54) is 6.07 Å². The Labute approximate surface area is 171 Å². The number of alkyl halides is 3. The van der Waals surface area contributed by atoms with Crippen molar-refractivity contribution in [1.29, 1.82) is 0 Å². The number of amides is 3. The fourth-order valence-corrected chi connectivity index (χ4v) is 4.53. The van der Waals surface area contributed by atoms with Crippen molar-refractivity contribution in [2.45, 2.75) is 31.0 Å². The minimum atomic E-state index is -4.60. The second-order valence-corrected chi connectivity index (χ2v) is 8.39. The molecular weight excluding hydrogens is 406 g/mol. The number of carbonyl (C=O) groups excluding carboxylic acids is 2. The Bertz CT molecular complexity index is 831. The number of hydrogen-bond acceptors (Lipinski definition) is 3. The van der Waals surface area contributed by atoms with Crippen LogP contribution in [-0.4, -0.2) is 66.7 Å². The van der Waals surface area contributed by atoms with Crippen LogP contribution in [0.4, 0.5) is 22.4 Å². The Morgan fingerprint density at radius 1 is 1.20 bits per heavy atom. The van der Waals surface area contributed by atoms with E-state index in [1.54, 1.807) is 9.80 Å². The lowest BCUT2D eigenvalue weighted by Gasteiger charge is -2.52. The maximum absolute atomic E-state index is 13.3. The number of likely N-dealkylation sites (tertiary alicyclic amines) is 2. The van der Waals surface area contributed by atoms with E-state index in [0.29, 0.717) is 51.7 Å². The molecule has 3 fully saturated rings. The zero-order valence-corrected chi connectivity index (χ0v) is 16.3. The van der Waals surface area contributed by atoms with Crippen LogP contribution in [0.2, 0.25) is 0 Å². The number of rotatable bonds is 2. The summed E-state index contributed by atoms with van der Waals surface area (Å²) in [6, 6.07) is 2.67. The lowest BCUT2D eigenvalue weighted by molar-refractivity contribution is -0.141. The van der Waals surface area contributed by atoms with E-state index in [1.807, 2.05) is 0 Å². The van der Waals surface area contributed by atoms with Gasteiger partial charge in [-0.05, 0) is 42.9 Å². The lowest BCUT2D eigenvalue weighted by atomic mass is 9.87. The van der Waals surface area contributed by atoms with E-state index < -0.39 is 23.1 Å². The Balaban J connectivity index is 1.30. The van der Waals surface area contributed by atoms with Crippen LogP contribution in [0.1, 0.15) is 24.0 Å². The number of urea groups is 1. The third kappa shape index (κ3) is 4.23. The molecule has 1 aromatic rings. The van der Waals surface area contributed by atoms with Gasteiger partial charge in [-0.1, -0.05) is 6.07 Å². The Kier molecular flexibility index (Phi) is 5.37.